The average molecular weight is 334 g/mol. The Labute approximate surface area is 140 Å². The third kappa shape index (κ3) is 4.72. The van der Waals surface area contributed by atoms with E-state index in [0.717, 1.165) is 22.7 Å². The van der Waals surface area contributed by atoms with Crippen LogP contribution in [0, 0.1) is 0 Å². The predicted molar refractivity (Wildman–Crippen MR) is 96.0 cm³/mol. The summed E-state index contributed by atoms with van der Waals surface area (Å²) < 4.78 is 5.10. The molecule has 0 heterocycles. The van der Waals surface area contributed by atoms with Gasteiger partial charge in [0.05, 0.1) is 12.8 Å². The third-order valence-corrected chi connectivity index (χ3v) is 3.34. The number of nitrogens with zero attached hydrogens (tertiary/aromatic N) is 1. The van der Waals surface area contributed by atoms with Crippen molar-refractivity contribution in [1.29, 1.82) is 0 Å². The van der Waals surface area contributed by atoms with Crippen LogP contribution in [-0.2, 0) is 0 Å². The topological polar surface area (TPSA) is 45.6 Å². The lowest BCUT2D eigenvalue weighted by molar-refractivity contribution is 0.415. The van der Waals surface area contributed by atoms with Crippen molar-refractivity contribution in [3.05, 3.63) is 59.1 Å². The quantitative estimate of drug-likeness (QED) is 0.503. The zero-order chi connectivity index (χ0) is 15.9. The summed E-state index contributed by atoms with van der Waals surface area (Å²) in [6.45, 7) is 1.88. The van der Waals surface area contributed by atoms with Crippen LogP contribution in [-0.4, -0.2) is 17.9 Å². The first-order chi connectivity index (χ1) is 10.6. The largest absolute Gasteiger partial charge is 0.497 e. The predicted octanol–water partition coefficient (Wildman–Crippen LogP) is 4.06. The van der Waals surface area contributed by atoms with Crippen LogP contribution >= 0.6 is 23.8 Å². The minimum absolute atomic E-state index is 0.409. The number of rotatable bonds is 4. The van der Waals surface area contributed by atoms with Gasteiger partial charge in [0.25, 0.3) is 0 Å². The number of ether oxygens (including phenoxy) is 1. The molecule has 2 aromatic rings. The molecule has 0 saturated heterocycles. The van der Waals surface area contributed by atoms with Gasteiger partial charge in [-0.25, -0.2) is 0 Å². The van der Waals surface area contributed by atoms with E-state index in [1.807, 2.05) is 55.5 Å². The molecule has 114 valence electrons. The van der Waals surface area contributed by atoms with Crippen molar-refractivity contribution in [3.63, 3.8) is 0 Å². The van der Waals surface area contributed by atoms with Crippen LogP contribution in [0.15, 0.2) is 53.6 Å². The van der Waals surface area contributed by atoms with Gasteiger partial charge in [-0.1, -0.05) is 23.7 Å². The number of nitrogens with one attached hydrogen (secondary N) is 2. The molecule has 0 unspecified atom stereocenters. The molecule has 2 rings (SSSR count). The molecule has 0 aliphatic heterocycles. The third-order valence-electron chi connectivity index (χ3n) is 2.92. The number of anilines is 1. The molecule has 22 heavy (non-hydrogen) atoms. The molecule has 0 fully saturated rings. The fraction of sp³-hybridized carbons (Fsp3) is 0.125. The van der Waals surface area contributed by atoms with Crippen molar-refractivity contribution >= 4 is 40.3 Å². The normalized spacial score (nSPS) is 11.0. The van der Waals surface area contributed by atoms with Crippen LogP contribution in [0.1, 0.15) is 12.5 Å². The Kier molecular flexibility index (Phi) is 5.75. The molecule has 6 heteroatoms. The number of hydrogen-bond acceptors (Lipinski definition) is 3. The molecule has 0 aromatic heterocycles. The monoisotopic (exact) mass is 333 g/mol. The minimum Gasteiger partial charge on any atom is -0.497 e. The zero-order valence-corrected chi connectivity index (χ0v) is 13.8. The van der Waals surface area contributed by atoms with Gasteiger partial charge < -0.3 is 10.1 Å². The molecule has 0 bridgehead atoms. The molecule has 0 aliphatic carbocycles. The van der Waals surface area contributed by atoms with Gasteiger partial charge in [-0.2, -0.15) is 5.10 Å². The van der Waals surface area contributed by atoms with Gasteiger partial charge in [0.15, 0.2) is 5.11 Å². The van der Waals surface area contributed by atoms with Crippen LogP contribution in [0.2, 0.25) is 5.02 Å². The molecule has 0 saturated carbocycles. The fourth-order valence-corrected chi connectivity index (χ4v) is 2.10. The highest BCUT2D eigenvalue weighted by Crippen LogP contribution is 2.15. The standard InChI is InChI=1S/C16H16ClN3OS/c1-11(12-4-3-5-13(17)10-12)19-20-16(22)18-14-6-8-15(21-2)9-7-14/h3-10H,1-2H3,(H2,18,20,22)/b19-11-. The Hall–Kier alpha value is -2.11. The molecule has 2 aromatic carbocycles. The van der Waals surface area contributed by atoms with Crippen molar-refractivity contribution in [2.45, 2.75) is 6.92 Å². The maximum Gasteiger partial charge on any atom is 0.191 e. The number of hydrazone groups is 1. The van der Waals surface area contributed by atoms with Crippen LogP contribution in [0.5, 0.6) is 5.75 Å². The van der Waals surface area contributed by atoms with Gasteiger partial charge in [-0.05, 0) is 61.1 Å². The molecule has 0 aliphatic rings. The Morgan fingerprint density at radius 2 is 1.91 bits per heavy atom. The van der Waals surface area contributed by atoms with E-state index in [-0.39, 0.29) is 0 Å². The Balaban J connectivity index is 1.95. The average Bonchev–Trinajstić information content (AvgIpc) is 2.53. The number of methoxy groups -OCH3 is 1. The van der Waals surface area contributed by atoms with Crippen molar-refractivity contribution in [1.82, 2.24) is 5.43 Å². The first-order valence-electron chi connectivity index (χ1n) is 6.60. The van der Waals surface area contributed by atoms with Crippen molar-refractivity contribution in [3.8, 4) is 5.75 Å². The van der Waals surface area contributed by atoms with Gasteiger partial charge in [0, 0.05) is 10.7 Å². The molecule has 2 N–H and O–H groups in total. The summed E-state index contributed by atoms with van der Waals surface area (Å²) in [6, 6.07) is 14.9. The van der Waals surface area contributed by atoms with Gasteiger partial charge >= 0.3 is 0 Å². The van der Waals surface area contributed by atoms with E-state index in [1.165, 1.54) is 0 Å². The Bertz CT molecular complexity index is 686. The van der Waals surface area contributed by atoms with Crippen LogP contribution in [0.25, 0.3) is 0 Å². The second-order valence-electron chi connectivity index (χ2n) is 4.50. The number of hydrogen-bond donors (Lipinski definition) is 2. The summed E-state index contributed by atoms with van der Waals surface area (Å²) in [5.41, 5.74) is 5.40. The SMILES string of the molecule is COc1ccc(NC(=S)N/N=C(/C)c2cccc(Cl)c2)cc1. The van der Waals surface area contributed by atoms with Gasteiger partial charge in [-0.15, -0.1) is 0 Å². The van der Waals surface area contributed by atoms with Gasteiger partial charge in [-0.3, -0.25) is 5.43 Å². The molecule has 0 atom stereocenters. The lowest BCUT2D eigenvalue weighted by Crippen LogP contribution is -2.24. The lowest BCUT2D eigenvalue weighted by Gasteiger charge is -2.09. The van der Waals surface area contributed by atoms with E-state index >= 15 is 0 Å². The summed E-state index contributed by atoms with van der Waals surface area (Å²) in [7, 11) is 1.63. The lowest BCUT2D eigenvalue weighted by atomic mass is 10.1. The Morgan fingerprint density at radius 1 is 1.18 bits per heavy atom. The highest BCUT2D eigenvalue weighted by molar-refractivity contribution is 7.80. The van der Waals surface area contributed by atoms with Crippen molar-refractivity contribution in [2.75, 3.05) is 12.4 Å². The first-order valence-corrected chi connectivity index (χ1v) is 7.38. The highest BCUT2D eigenvalue weighted by Gasteiger charge is 2.00. The van der Waals surface area contributed by atoms with E-state index < -0.39 is 0 Å². The second-order valence-corrected chi connectivity index (χ2v) is 5.35. The van der Waals surface area contributed by atoms with E-state index in [2.05, 4.69) is 15.8 Å². The first kappa shape index (κ1) is 16.3. The number of halogens is 1. The smallest absolute Gasteiger partial charge is 0.191 e. The van der Waals surface area contributed by atoms with Crippen LogP contribution < -0.4 is 15.5 Å². The minimum atomic E-state index is 0.409. The maximum absolute atomic E-state index is 5.96. The second kappa shape index (κ2) is 7.77. The summed E-state index contributed by atoms with van der Waals surface area (Å²) >= 11 is 11.2. The van der Waals surface area contributed by atoms with E-state index in [4.69, 9.17) is 28.6 Å². The molecule has 4 nitrogen and oxygen atoms in total. The summed E-state index contributed by atoms with van der Waals surface area (Å²) in [6.07, 6.45) is 0. The van der Waals surface area contributed by atoms with Gasteiger partial charge in [0.1, 0.15) is 5.75 Å². The highest BCUT2D eigenvalue weighted by atomic mass is 35.5. The van der Waals surface area contributed by atoms with E-state index in [1.54, 1.807) is 7.11 Å². The summed E-state index contributed by atoms with van der Waals surface area (Å²) in [5, 5.41) is 8.37. The summed E-state index contributed by atoms with van der Waals surface area (Å²) in [4.78, 5) is 0. The van der Waals surface area contributed by atoms with E-state index in [9.17, 15) is 0 Å². The molecular formula is C16H16ClN3OS. The molecular weight excluding hydrogens is 318 g/mol. The van der Waals surface area contributed by atoms with Crippen LogP contribution in [0.4, 0.5) is 5.69 Å². The summed E-state index contributed by atoms with van der Waals surface area (Å²) in [5.74, 6) is 0.791. The number of benzene rings is 2. The number of thiocarbonyl (C=S) groups is 1. The molecule has 0 radical (unpaired) electrons. The molecule has 0 amide bonds. The fourth-order valence-electron chi connectivity index (χ4n) is 1.75. The maximum atomic E-state index is 5.96. The van der Waals surface area contributed by atoms with E-state index in [0.29, 0.717) is 10.1 Å². The molecule has 0 spiro atoms. The zero-order valence-electron chi connectivity index (χ0n) is 12.3. The van der Waals surface area contributed by atoms with Crippen molar-refractivity contribution in [2.24, 2.45) is 5.10 Å². The van der Waals surface area contributed by atoms with Crippen LogP contribution in [0.3, 0.4) is 0 Å². The van der Waals surface area contributed by atoms with Crippen molar-refractivity contribution < 1.29 is 4.74 Å². The van der Waals surface area contributed by atoms with Gasteiger partial charge in [0.2, 0.25) is 0 Å². The Morgan fingerprint density at radius 3 is 2.55 bits per heavy atom.